The molecule has 5 heteroatoms. The fourth-order valence-electron chi connectivity index (χ4n) is 2.98. The SMILES string of the molecule is CC(C)CCNCC(O)C(Cc1ccccc1)NC(=O)C1CCSC1. The zero-order chi connectivity index (χ0) is 18.1. The predicted molar refractivity (Wildman–Crippen MR) is 106 cm³/mol. The van der Waals surface area contributed by atoms with E-state index in [2.05, 4.69) is 24.5 Å². The van der Waals surface area contributed by atoms with Crippen LogP contribution in [0.1, 0.15) is 32.3 Å². The molecule has 1 saturated heterocycles. The first-order chi connectivity index (χ1) is 12.1. The largest absolute Gasteiger partial charge is 0.390 e. The molecule has 3 atom stereocenters. The molecule has 1 aromatic rings. The average molecular weight is 365 g/mol. The lowest BCUT2D eigenvalue weighted by Crippen LogP contribution is -2.50. The van der Waals surface area contributed by atoms with Crippen LogP contribution in [0.3, 0.4) is 0 Å². The topological polar surface area (TPSA) is 61.4 Å². The summed E-state index contributed by atoms with van der Waals surface area (Å²) in [5, 5.41) is 17.1. The molecule has 0 spiro atoms. The first-order valence-electron chi connectivity index (χ1n) is 9.37. The molecular formula is C20H32N2O2S. The van der Waals surface area contributed by atoms with Gasteiger partial charge in [0.05, 0.1) is 12.1 Å². The van der Waals surface area contributed by atoms with E-state index < -0.39 is 6.10 Å². The van der Waals surface area contributed by atoms with Gasteiger partial charge in [-0.2, -0.15) is 11.8 Å². The molecule has 25 heavy (non-hydrogen) atoms. The van der Waals surface area contributed by atoms with Gasteiger partial charge in [-0.05, 0) is 43.0 Å². The highest BCUT2D eigenvalue weighted by molar-refractivity contribution is 7.99. The molecule has 0 saturated carbocycles. The molecule has 0 aliphatic carbocycles. The number of amides is 1. The number of hydrogen-bond acceptors (Lipinski definition) is 4. The van der Waals surface area contributed by atoms with Gasteiger partial charge in [0.25, 0.3) is 0 Å². The Labute approximate surface area is 156 Å². The number of thioether (sulfide) groups is 1. The van der Waals surface area contributed by atoms with Gasteiger partial charge in [-0.3, -0.25) is 4.79 Å². The average Bonchev–Trinajstić information content (AvgIpc) is 3.13. The maximum Gasteiger partial charge on any atom is 0.224 e. The summed E-state index contributed by atoms with van der Waals surface area (Å²) in [5.41, 5.74) is 1.13. The van der Waals surface area contributed by atoms with Crippen molar-refractivity contribution in [2.24, 2.45) is 11.8 Å². The van der Waals surface area contributed by atoms with E-state index in [9.17, 15) is 9.90 Å². The van der Waals surface area contributed by atoms with E-state index >= 15 is 0 Å². The summed E-state index contributed by atoms with van der Waals surface area (Å²) < 4.78 is 0. The molecule has 0 bridgehead atoms. The minimum atomic E-state index is -0.592. The molecule has 0 aromatic heterocycles. The lowest BCUT2D eigenvalue weighted by Gasteiger charge is -2.26. The van der Waals surface area contributed by atoms with Crippen LogP contribution in [0.2, 0.25) is 0 Å². The van der Waals surface area contributed by atoms with Gasteiger partial charge >= 0.3 is 0 Å². The van der Waals surface area contributed by atoms with Gasteiger partial charge in [-0.25, -0.2) is 0 Å². The third kappa shape index (κ3) is 7.38. The summed E-state index contributed by atoms with van der Waals surface area (Å²) in [6, 6.07) is 9.81. The first-order valence-corrected chi connectivity index (χ1v) is 10.5. The summed E-state index contributed by atoms with van der Waals surface area (Å²) in [4.78, 5) is 12.5. The highest BCUT2D eigenvalue weighted by atomic mass is 32.2. The molecular weight excluding hydrogens is 332 g/mol. The smallest absolute Gasteiger partial charge is 0.224 e. The number of aliphatic hydroxyl groups excluding tert-OH is 1. The minimum absolute atomic E-state index is 0.0874. The van der Waals surface area contributed by atoms with Crippen LogP contribution in [0, 0.1) is 11.8 Å². The lowest BCUT2D eigenvalue weighted by molar-refractivity contribution is -0.125. The lowest BCUT2D eigenvalue weighted by atomic mass is 9.99. The summed E-state index contributed by atoms with van der Waals surface area (Å²) in [6.07, 6.45) is 2.09. The van der Waals surface area contributed by atoms with E-state index in [-0.39, 0.29) is 17.9 Å². The maximum absolute atomic E-state index is 12.5. The van der Waals surface area contributed by atoms with Gasteiger partial charge in [0.15, 0.2) is 0 Å². The van der Waals surface area contributed by atoms with Crippen LogP contribution in [0.5, 0.6) is 0 Å². The van der Waals surface area contributed by atoms with E-state index in [1.54, 1.807) is 0 Å². The summed E-state index contributed by atoms with van der Waals surface area (Å²) in [7, 11) is 0. The van der Waals surface area contributed by atoms with Crippen molar-refractivity contribution >= 4 is 17.7 Å². The van der Waals surface area contributed by atoms with Gasteiger partial charge in [-0.15, -0.1) is 0 Å². The van der Waals surface area contributed by atoms with Crippen LogP contribution in [0.15, 0.2) is 30.3 Å². The third-order valence-electron chi connectivity index (χ3n) is 4.64. The fraction of sp³-hybridized carbons (Fsp3) is 0.650. The number of aliphatic hydroxyl groups is 1. The second kappa shape index (κ2) is 10.8. The molecule has 4 nitrogen and oxygen atoms in total. The zero-order valence-electron chi connectivity index (χ0n) is 15.4. The maximum atomic E-state index is 12.5. The first kappa shape index (κ1) is 20.3. The molecule has 1 heterocycles. The van der Waals surface area contributed by atoms with E-state index in [1.165, 1.54) is 0 Å². The Kier molecular flexibility index (Phi) is 8.79. The fourth-order valence-corrected chi connectivity index (χ4v) is 4.20. The van der Waals surface area contributed by atoms with Crippen LogP contribution in [0.25, 0.3) is 0 Å². The minimum Gasteiger partial charge on any atom is -0.390 e. The van der Waals surface area contributed by atoms with Crippen molar-refractivity contribution in [1.82, 2.24) is 10.6 Å². The Balaban J connectivity index is 1.91. The van der Waals surface area contributed by atoms with E-state index in [4.69, 9.17) is 0 Å². The highest BCUT2D eigenvalue weighted by Crippen LogP contribution is 2.23. The van der Waals surface area contributed by atoms with Crippen LogP contribution < -0.4 is 10.6 Å². The van der Waals surface area contributed by atoms with Crippen molar-refractivity contribution in [1.29, 1.82) is 0 Å². The van der Waals surface area contributed by atoms with E-state index in [1.807, 2.05) is 42.1 Å². The normalized spacial score (nSPS) is 19.8. The third-order valence-corrected chi connectivity index (χ3v) is 5.81. The molecule has 1 fully saturated rings. The number of carbonyl (C=O) groups is 1. The molecule has 3 unspecified atom stereocenters. The molecule has 1 aromatic carbocycles. The van der Waals surface area contributed by atoms with Crippen LogP contribution in [-0.2, 0) is 11.2 Å². The van der Waals surface area contributed by atoms with Crippen LogP contribution in [-0.4, -0.2) is 47.8 Å². The zero-order valence-corrected chi connectivity index (χ0v) is 16.2. The number of nitrogens with one attached hydrogen (secondary N) is 2. The molecule has 1 aliphatic rings. The molecule has 1 amide bonds. The van der Waals surface area contributed by atoms with Crippen LogP contribution in [0.4, 0.5) is 0 Å². The Bertz CT molecular complexity index is 504. The Morgan fingerprint density at radius 2 is 2.08 bits per heavy atom. The number of rotatable bonds is 10. The van der Waals surface area contributed by atoms with Gasteiger partial charge < -0.3 is 15.7 Å². The summed E-state index contributed by atoms with van der Waals surface area (Å²) in [6.45, 7) is 5.77. The van der Waals surface area contributed by atoms with Gasteiger partial charge in [0.2, 0.25) is 5.91 Å². The van der Waals surface area contributed by atoms with E-state index in [0.717, 1.165) is 36.5 Å². The summed E-state index contributed by atoms with van der Waals surface area (Å²) in [5.74, 6) is 2.77. The Hall–Kier alpha value is -1.04. The number of benzene rings is 1. The second-order valence-electron chi connectivity index (χ2n) is 7.32. The molecule has 2 rings (SSSR count). The molecule has 140 valence electrons. The predicted octanol–water partition coefficient (Wildman–Crippen LogP) is 2.46. The monoisotopic (exact) mass is 364 g/mol. The standard InChI is InChI=1S/C20H32N2O2S/c1-15(2)8-10-21-13-19(23)18(12-16-6-4-3-5-7-16)22-20(24)17-9-11-25-14-17/h3-7,15,17-19,21,23H,8-14H2,1-2H3,(H,22,24). The van der Waals surface area contributed by atoms with Crippen molar-refractivity contribution in [2.45, 2.75) is 45.3 Å². The van der Waals surface area contributed by atoms with Crippen LogP contribution >= 0.6 is 11.8 Å². The van der Waals surface area contributed by atoms with E-state index in [0.29, 0.717) is 18.9 Å². The quantitative estimate of drug-likeness (QED) is 0.558. The molecule has 3 N–H and O–H groups in total. The van der Waals surface area contributed by atoms with Crippen molar-refractivity contribution in [3.63, 3.8) is 0 Å². The molecule has 0 radical (unpaired) electrons. The summed E-state index contributed by atoms with van der Waals surface area (Å²) >= 11 is 1.83. The van der Waals surface area contributed by atoms with Crippen molar-refractivity contribution in [2.75, 3.05) is 24.6 Å². The van der Waals surface area contributed by atoms with Gasteiger partial charge in [0, 0.05) is 18.2 Å². The van der Waals surface area contributed by atoms with Crippen molar-refractivity contribution in [3.8, 4) is 0 Å². The Morgan fingerprint density at radius 1 is 1.32 bits per heavy atom. The second-order valence-corrected chi connectivity index (χ2v) is 8.47. The van der Waals surface area contributed by atoms with Crippen molar-refractivity contribution in [3.05, 3.63) is 35.9 Å². The Morgan fingerprint density at radius 3 is 2.72 bits per heavy atom. The molecule has 1 aliphatic heterocycles. The van der Waals surface area contributed by atoms with Gasteiger partial charge in [0.1, 0.15) is 0 Å². The number of hydrogen-bond donors (Lipinski definition) is 3. The number of carbonyl (C=O) groups excluding carboxylic acids is 1. The van der Waals surface area contributed by atoms with Gasteiger partial charge in [-0.1, -0.05) is 44.2 Å². The van der Waals surface area contributed by atoms with Crippen molar-refractivity contribution < 1.29 is 9.90 Å². The highest BCUT2D eigenvalue weighted by Gasteiger charge is 2.28.